The van der Waals surface area contributed by atoms with Gasteiger partial charge in [-0.2, -0.15) is 0 Å². The highest BCUT2D eigenvalue weighted by atomic mass is 19.2. The summed E-state index contributed by atoms with van der Waals surface area (Å²) >= 11 is 0. The van der Waals surface area contributed by atoms with Gasteiger partial charge in [-0.05, 0) is 24.3 Å². The van der Waals surface area contributed by atoms with Crippen LogP contribution in [0.4, 0.5) is 13.2 Å². The molecule has 3 aromatic rings. The molecule has 0 fully saturated rings. The number of hydrogen-bond donors (Lipinski definition) is 0. The van der Waals surface area contributed by atoms with Crippen LogP contribution in [0.3, 0.4) is 0 Å². The molecule has 0 aliphatic rings. The van der Waals surface area contributed by atoms with Crippen molar-refractivity contribution in [2.45, 2.75) is 0 Å². The topological polar surface area (TPSA) is 13.1 Å². The van der Waals surface area contributed by atoms with E-state index in [0.29, 0.717) is 5.58 Å². The Morgan fingerprint density at radius 2 is 1.61 bits per heavy atom. The lowest BCUT2D eigenvalue weighted by molar-refractivity contribution is 0.447. The first kappa shape index (κ1) is 10.9. The molecule has 0 unspecified atom stereocenters. The lowest BCUT2D eigenvalue weighted by Gasteiger charge is -2.00. The fraction of sp³-hybridized carbons (Fsp3) is 0. The van der Waals surface area contributed by atoms with E-state index in [0.717, 1.165) is 17.5 Å². The van der Waals surface area contributed by atoms with E-state index in [1.165, 1.54) is 0 Å². The molecule has 0 N–H and O–H groups in total. The average Bonchev–Trinajstić information content (AvgIpc) is 2.79. The monoisotopic (exact) mass is 248 g/mol. The number of hydrogen-bond acceptors (Lipinski definition) is 1. The van der Waals surface area contributed by atoms with Gasteiger partial charge in [0.05, 0.1) is 5.56 Å². The van der Waals surface area contributed by atoms with Crippen LogP contribution in [0.15, 0.2) is 46.9 Å². The molecule has 1 nitrogen and oxygen atoms in total. The molecule has 0 bridgehead atoms. The standard InChI is InChI=1S/C14H7F3O/c15-10-6-5-9(13(16)14(10)17)12-7-8-3-1-2-4-11(8)18-12/h1-7H. The molecule has 0 aliphatic carbocycles. The van der Waals surface area contributed by atoms with Crippen LogP contribution in [0.1, 0.15) is 0 Å². The van der Waals surface area contributed by atoms with Gasteiger partial charge in [0, 0.05) is 5.39 Å². The molecule has 0 aliphatic heterocycles. The summed E-state index contributed by atoms with van der Waals surface area (Å²) in [5.41, 5.74) is 0.474. The quantitative estimate of drug-likeness (QED) is 0.577. The molecule has 4 heteroatoms. The molecule has 0 radical (unpaired) electrons. The summed E-state index contributed by atoms with van der Waals surface area (Å²) in [5, 5.41) is 0.775. The highest BCUT2D eigenvalue weighted by molar-refractivity contribution is 5.82. The fourth-order valence-corrected chi connectivity index (χ4v) is 1.83. The molecule has 0 spiro atoms. The van der Waals surface area contributed by atoms with Gasteiger partial charge in [-0.25, -0.2) is 13.2 Å². The predicted molar refractivity (Wildman–Crippen MR) is 61.5 cm³/mol. The average molecular weight is 248 g/mol. The smallest absolute Gasteiger partial charge is 0.195 e. The summed E-state index contributed by atoms with van der Waals surface area (Å²) in [7, 11) is 0. The first-order valence-electron chi connectivity index (χ1n) is 5.29. The van der Waals surface area contributed by atoms with E-state index >= 15 is 0 Å². The van der Waals surface area contributed by atoms with Crippen molar-refractivity contribution in [3.63, 3.8) is 0 Å². The van der Waals surface area contributed by atoms with Crippen LogP contribution in [-0.2, 0) is 0 Å². The summed E-state index contributed by atoms with van der Waals surface area (Å²) in [6.07, 6.45) is 0. The molecule has 1 heterocycles. The Balaban J connectivity index is 2.23. The lowest BCUT2D eigenvalue weighted by atomic mass is 10.1. The van der Waals surface area contributed by atoms with Crippen molar-refractivity contribution >= 4 is 11.0 Å². The third kappa shape index (κ3) is 1.57. The minimum atomic E-state index is -1.49. The van der Waals surface area contributed by atoms with Gasteiger partial charge < -0.3 is 4.42 Å². The van der Waals surface area contributed by atoms with E-state index in [-0.39, 0.29) is 11.3 Å². The Morgan fingerprint density at radius 1 is 0.833 bits per heavy atom. The summed E-state index contributed by atoms with van der Waals surface area (Å²) in [5.74, 6) is -3.78. The summed E-state index contributed by atoms with van der Waals surface area (Å²) in [6, 6.07) is 10.7. The van der Waals surface area contributed by atoms with Crippen molar-refractivity contribution in [1.29, 1.82) is 0 Å². The molecule has 0 amide bonds. The Bertz CT molecular complexity index is 698. The van der Waals surface area contributed by atoms with Crippen LogP contribution in [0.2, 0.25) is 0 Å². The number of rotatable bonds is 1. The number of para-hydroxylation sites is 1. The predicted octanol–water partition coefficient (Wildman–Crippen LogP) is 4.52. The third-order valence-electron chi connectivity index (χ3n) is 2.73. The lowest BCUT2D eigenvalue weighted by Crippen LogP contribution is -1.92. The first-order chi connectivity index (χ1) is 8.66. The van der Waals surface area contributed by atoms with Crippen LogP contribution in [-0.4, -0.2) is 0 Å². The van der Waals surface area contributed by atoms with Crippen molar-refractivity contribution in [3.8, 4) is 11.3 Å². The van der Waals surface area contributed by atoms with Gasteiger partial charge >= 0.3 is 0 Å². The van der Waals surface area contributed by atoms with Gasteiger partial charge in [-0.3, -0.25) is 0 Å². The van der Waals surface area contributed by atoms with Crippen LogP contribution in [0.25, 0.3) is 22.3 Å². The molecule has 2 aromatic carbocycles. The van der Waals surface area contributed by atoms with Crippen molar-refractivity contribution in [3.05, 3.63) is 59.9 Å². The molecule has 0 saturated carbocycles. The Morgan fingerprint density at radius 3 is 2.39 bits per heavy atom. The van der Waals surface area contributed by atoms with Crippen LogP contribution < -0.4 is 0 Å². The minimum absolute atomic E-state index is 0.0925. The summed E-state index contributed by atoms with van der Waals surface area (Å²) in [4.78, 5) is 0. The number of halogens is 3. The molecule has 1 aromatic heterocycles. The molecule has 18 heavy (non-hydrogen) atoms. The zero-order chi connectivity index (χ0) is 12.7. The normalized spacial score (nSPS) is 11.1. The van der Waals surface area contributed by atoms with Crippen LogP contribution in [0, 0.1) is 17.5 Å². The zero-order valence-corrected chi connectivity index (χ0v) is 9.08. The number of benzene rings is 2. The van der Waals surface area contributed by atoms with E-state index in [1.807, 2.05) is 6.07 Å². The molecule has 90 valence electrons. The fourth-order valence-electron chi connectivity index (χ4n) is 1.83. The second-order valence-electron chi connectivity index (χ2n) is 3.87. The number of fused-ring (bicyclic) bond motifs is 1. The Labute approximate surface area is 100 Å². The summed E-state index contributed by atoms with van der Waals surface area (Å²) in [6.45, 7) is 0. The van der Waals surface area contributed by atoms with Gasteiger partial charge in [0.15, 0.2) is 17.5 Å². The van der Waals surface area contributed by atoms with Crippen LogP contribution in [0.5, 0.6) is 0 Å². The van der Waals surface area contributed by atoms with E-state index in [9.17, 15) is 13.2 Å². The van der Waals surface area contributed by atoms with E-state index < -0.39 is 17.5 Å². The minimum Gasteiger partial charge on any atom is -0.456 e. The maximum Gasteiger partial charge on any atom is 0.195 e. The summed E-state index contributed by atoms with van der Waals surface area (Å²) < 4.78 is 45.0. The van der Waals surface area contributed by atoms with Crippen molar-refractivity contribution in [2.75, 3.05) is 0 Å². The van der Waals surface area contributed by atoms with Crippen molar-refractivity contribution < 1.29 is 17.6 Å². The second-order valence-corrected chi connectivity index (χ2v) is 3.87. The molecule has 0 saturated heterocycles. The highest BCUT2D eigenvalue weighted by Gasteiger charge is 2.17. The molecular weight excluding hydrogens is 241 g/mol. The Kier molecular flexibility index (Phi) is 2.37. The van der Waals surface area contributed by atoms with Crippen LogP contribution >= 0.6 is 0 Å². The van der Waals surface area contributed by atoms with Gasteiger partial charge in [0.25, 0.3) is 0 Å². The van der Waals surface area contributed by atoms with Gasteiger partial charge in [-0.1, -0.05) is 18.2 Å². The Hall–Kier alpha value is -2.23. The van der Waals surface area contributed by atoms with E-state index in [2.05, 4.69) is 0 Å². The first-order valence-corrected chi connectivity index (χ1v) is 5.29. The van der Waals surface area contributed by atoms with Gasteiger partial charge in [0.2, 0.25) is 0 Å². The third-order valence-corrected chi connectivity index (χ3v) is 2.73. The van der Waals surface area contributed by atoms with Crippen molar-refractivity contribution in [2.24, 2.45) is 0 Å². The second kappa shape index (κ2) is 3.91. The SMILES string of the molecule is Fc1ccc(-c2cc3ccccc3o2)c(F)c1F. The van der Waals surface area contributed by atoms with E-state index in [4.69, 9.17) is 4.42 Å². The maximum absolute atomic E-state index is 13.6. The van der Waals surface area contributed by atoms with E-state index in [1.54, 1.807) is 24.3 Å². The van der Waals surface area contributed by atoms with Gasteiger partial charge in [0.1, 0.15) is 11.3 Å². The molecule has 3 rings (SSSR count). The maximum atomic E-state index is 13.6. The zero-order valence-electron chi connectivity index (χ0n) is 9.08. The highest BCUT2D eigenvalue weighted by Crippen LogP contribution is 2.30. The van der Waals surface area contributed by atoms with Crippen molar-refractivity contribution in [1.82, 2.24) is 0 Å². The number of furan rings is 1. The molecular formula is C14H7F3O. The largest absolute Gasteiger partial charge is 0.456 e. The van der Waals surface area contributed by atoms with Gasteiger partial charge in [-0.15, -0.1) is 0 Å². The molecule has 0 atom stereocenters.